The van der Waals surface area contributed by atoms with Crippen LogP contribution in [0.2, 0.25) is 0 Å². The quantitative estimate of drug-likeness (QED) is 0.592. The van der Waals surface area contributed by atoms with Gasteiger partial charge in [-0.05, 0) is 45.3 Å². The molecule has 1 fully saturated rings. The van der Waals surface area contributed by atoms with E-state index in [-0.39, 0.29) is 12.1 Å². The van der Waals surface area contributed by atoms with Gasteiger partial charge in [0, 0.05) is 6.04 Å². The van der Waals surface area contributed by atoms with Crippen LogP contribution in [0.15, 0.2) is 0 Å². The van der Waals surface area contributed by atoms with E-state index in [0.717, 1.165) is 12.8 Å². The van der Waals surface area contributed by atoms with E-state index < -0.39 is 0 Å². The van der Waals surface area contributed by atoms with Crippen LogP contribution in [-0.2, 0) is 0 Å². The molecule has 1 saturated carbocycles. The summed E-state index contributed by atoms with van der Waals surface area (Å²) in [5.41, 5.74) is -0.126. The molecule has 0 aromatic heterocycles. The third-order valence-corrected chi connectivity index (χ3v) is 2.63. The largest absolute Gasteiger partial charge is 0.394 e. The number of hydrogen-bond donors (Lipinski definition) is 3. The van der Waals surface area contributed by atoms with Crippen molar-refractivity contribution in [2.24, 2.45) is 0 Å². The molecule has 0 unspecified atom stereocenters. The highest BCUT2D eigenvalue weighted by Gasteiger charge is 2.36. The van der Waals surface area contributed by atoms with Crippen molar-refractivity contribution in [2.45, 2.75) is 44.7 Å². The molecule has 13 heavy (non-hydrogen) atoms. The fourth-order valence-corrected chi connectivity index (χ4v) is 1.92. The minimum Gasteiger partial charge on any atom is -0.394 e. The molecular weight excluding hydrogens is 184 g/mol. The summed E-state index contributed by atoms with van der Waals surface area (Å²) in [4.78, 5) is 0. The van der Waals surface area contributed by atoms with Crippen molar-refractivity contribution in [1.29, 1.82) is 0 Å². The van der Waals surface area contributed by atoms with Crippen LogP contribution in [-0.4, -0.2) is 28.4 Å². The number of rotatable bonds is 3. The van der Waals surface area contributed by atoms with Crippen LogP contribution in [0.1, 0.15) is 33.1 Å². The molecule has 0 amide bonds. The van der Waals surface area contributed by atoms with Gasteiger partial charge in [-0.2, -0.15) is 0 Å². The lowest BCUT2D eigenvalue weighted by atomic mass is 9.77. The van der Waals surface area contributed by atoms with E-state index in [0.29, 0.717) is 11.2 Å². The number of aliphatic hydroxyl groups excluding tert-OH is 1. The highest BCUT2D eigenvalue weighted by Crippen LogP contribution is 2.30. The molecule has 0 aromatic carbocycles. The first-order valence-electron chi connectivity index (χ1n) is 4.77. The maximum absolute atomic E-state index is 9.17. The molecule has 1 rings (SSSR count). The Labute approximate surface area is 84.9 Å². The molecular formula is C9H18N2OS. The Morgan fingerprint density at radius 1 is 1.54 bits per heavy atom. The molecule has 0 spiro atoms. The number of aliphatic hydroxyl groups is 1. The lowest BCUT2D eigenvalue weighted by molar-refractivity contribution is 0.107. The fourth-order valence-electron chi connectivity index (χ4n) is 1.47. The Balaban J connectivity index is 2.34. The van der Waals surface area contributed by atoms with Crippen LogP contribution < -0.4 is 10.6 Å². The average molecular weight is 202 g/mol. The van der Waals surface area contributed by atoms with Crippen molar-refractivity contribution in [3.63, 3.8) is 0 Å². The van der Waals surface area contributed by atoms with Crippen molar-refractivity contribution in [3.05, 3.63) is 0 Å². The van der Waals surface area contributed by atoms with Crippen LogP contribution >= 0.6 is 12.2 Å². The van der Waals surface area contributed by atoms with Crippen molar-refractivity contribution in [2.75, 3.05) is 6.61 Å². The van der Waals surface area contributed by atoms with Gasteiger partial charge in [-0.1, -0.05) is 0 Å². The molecule has 0 saturated heterocycles. The van der Waals surface area contributed by atoms with Crippen molar-refractivity contribution < 1.29 is 5.11 Å². The topological polar surface area (TPSA) is 44.3 Å². The Morgan fingerprint density at radius 2 is 2.15 bits per heavy atom. The smallest absolute Gasteiger partial charge is 0.167 e. The third-order valence-electron chi connectivity index (χ3n) is 2.41. The van der Waals surface area contributed by atoms with E-state index in [1.165, 1.54) is 6.42 Å². The van der Waals surface area contributed by atoms with Gasteiger partial charge in [0.25, 0.3) is 0 Å². The molecule has 0 radical (unpaired) electrons. The zero-order valence-corrected chi connectivity index (χ0v) is 9.08. The van der Waals surface area contributed by atoms with E-state index in [1.54, 1.807) is 0 Å². The van der Waals surface area contributed by atoms with E-state index in [1.807, 2.05) is 13.8 Å². The minimum atomic E-state index is -0.126. The molecule has 0 aliphatic heterocycles. The molecule has 1 aliphatic rings. The summed E-state index contributed by atoms with van der Waals surface area (Å²) in [6.07, 6.45) is 3.21. The lowest BCUT2D eigenvalue weighted by Gasteiger charge is -2.42. The molecule has 76 valence electrons. The summed E-state index contributed by atoms with van der Waals surface area (Å²) >= 11 is 5.11. The first-order valence-corrected chi connectivity index (χ1v) is 5.18. The number of thiocarbonyl (C=S) groups is 1. The van der Waals surface area contributed by atoms with Crippen LogP contribution in [0.5, 0.6) is 0 Å². The van der Waals surface area contributed by atoms with Crippen molar-refractivity contribution in [1.82, 2.24) is 10.6 Å². The summed E-state index contributed by atoms with van der Waals surface area (Å²) in [6, 6.07) is 0.343. The highest BCUT2D eigenvalue weighted by molar-refractivity contribution is 7.80. The van der Waals surface area contributed by atoms with Crippen molar-refractivity contribution >= 4 is 17.3 Å². The van der Waals surface area contributed by atoms with E-state index in [2.05, 4.69) is 10.6 Å². The van der Waals surface area contributed by atoms with E-state index in [9.17, 15) is 0 Å². The summed E-state index contributed by atoms with van der Waals surface area (Å²) in [5, 5.41) is 16.1. The first kappa shape index (κ1) is 10.7. The van der Waals surface area contributed by atoms with E-state index in [4.69, 9.17) is 17.3 Å². The predicted molar refractivity (Wildman–Crippen MR) is 57.7 cm³/mol. The summed E-state index contributed by atoms with van der Waals surface area (Å²) in [5.74, 6) is 0. The second-order valence-corrected chi connectivity index (χ2v) is 4.45. The molecule has 3 nitrogen and oxygen atoms in total. The molecule has 0 heterocycles. The number of hydrogen-bond acceptors (Lipinski definition) is 2. The number of nitrogens with one attached hydrogen (secondary N) is 2. The molecule has 1 aliphatic carbocycles. The van der Waals surface area contributed by atoms with Gasteiger partial charge in [0.2, 0.25) is 0 Å². The molecule has 0 bridgehead atoms. The van der Waals surface area contributed by atoms with Crippen LogP contribution in [0.3, 0.4) is 0 Å². The van der Waals surface area contributed by atoms with Gasteiger partial charge in [0.05, 0.1) is 12.1 Å². The van der Waals surface area contributed by atoms with Gasteiger partial charge in [-0.15, -0.1) is 0 Å². The summed E-state index contributed by atoms with van der Waals surface area (Å²) < 4.78 is 0. The Bertz CT molecular complexity index is 185. The van der Waals surface area contributed by atoms with Gasteiger partial charge in [0.15, 0.2) is 5.11 Å². The van der Waals surface area contributed by atoms with Crippen molar-refractivity contribution in [3.8, 4) is 0 Å². The Hall–Kier alpha value is -0.350. The monoisotopic (exact) mass is 202 g/mol. The summed E-state index contributed by atoms with van der Waals surface area (Å²) in [6.45, 7) is 4.26. The average Bonchev–Trinajstić information content (AvgIpc) is 1.95. The minimum absolute atomic E-state index is 0.126. The van der Waals surface area contributed by atoms with Crippen LogP contribution in [0.25, 0.3) is 0 Å². The van der Waals surface area contributed by atoms with Gasteiger partial charge < -0.3 is 15.7 Å². The second-order valence-electron chi connectivity index (χ2n) is 4.05. The molecule has 4 heteroatoms. The highest BCUT2D eigenvalue weighted by atomic mass is 32.1. The van der Waals surface area contributed by atoms with Gasteiger partial charge >= 0.3 is 0 Å². The Morgan fingerprint density at radius 3 is 2.46 bits per heavy atom. The third kappa shape index (κ3) is 2.81. The Kier molecular flexibility index (Phi) is 3.50. The zero-order chi connectivity index (χ0) is 9.90. The molecule has 3 N–H and O–H groups in total. The van der Waals surface area contributed by atoms with Gasteiger partial charge in [-0.25, -0.2) is 0 Å². The lowest BCUT2D eigenvalue weighted by Crippen LogP contribution is -2.59. The second kappa shape index (κ2) is 4.24. The van der Waals surface area contributed by atoms with Gasteiger partial charge in [0.1, 0.15) is 0 Å². The molecule has 0 aromatic rings. The normalized spacial score (nSPS) is 19.4. The first-order chi connectivity index (χ1) is 6.08. The maximum Gasteiger partial charge on any atom is 0.167 e. The summed E-state index contributed by atoms with van der Waals surface area (Å²) in [7, 11) is 0. The predicted octanol–water partition coefficient (Wildman–Crippen LogP) is 0.774. The maximum atomic E-state index is 9.17. The fraction of sp³-hybridized carbons (Fsp3) is 0.889. The van der Waals surface area contributed by atoms with Crippen LogP contribution in [0, 0.1) is 0 Å². The zero-order valence-electron chi connectivity index (χ0n) is 8.26. The van der Waals surface area contributed by atoms with Crippen LogP contribution in [0.4, 0.5) is 0 Å². The van der Waals surface area contributed by atoms with Gasteiger partial charge in [-0.3, -0.25) is 0 Å². The standard InChI is InChI=1S/C9H18N2OS/c1-7(2)10-8(13)11-9(6-12)4-3-5-9/h7,12H,3-6H2,1-2H3,(H2,10,11,13). The molecule has 0 atom stereocenters. The van der Waals surface area contributed by atoms with E-state index >= 15 is 0 Å². The SMILES string of the molecule is CC(C)NC(=S)NC1(CO)CCC1.